The van der Waals surface area contributed by atoms with Crippen LogP contribution in [0.1, 0.15) is 10.4 Å². The van der Waals surface area contributed by atoms with Gasteiger partial charge in [0, 0.05) is 40.6 Å². The van der Waals surface area contributed by atoms with Gasteiger partial charge in [-0.15, -0.1) is 0 Å². The van der Waals surface area contributed by atoms with Gasteiger partial charge in [-0.2, -0.15) is 0 Å². The number of halogens is 1. The topological polar surface area (TPSA) is 46.9 Å². The maximum Gasteiger partial charge on any atom is 0.257 e. The summed E-state index contributed by atoms with van der Waals surface area (Å²) in [7, 11) is 0. The quantitative estimate of drug-likeness (QED) is 0.785. The number of aromatic nitrogens is 2. The molecule has 0 atom stereocenters. The fourth-order valence-electron chi connectivity index (χ4n) is 1.99. The van der Waals surface area contributed by atoms with E-state index in [0.29, 0.717) is 5.56 Å². The van der Waals surface area contributed by atoms with Gasteiger partial charge in [-0.05, 0) is 52.3 Å². The SMILES string of the molecule is O=C(Nc1cccc(-n2cccc2)c1)c1cncc(Br)c1. The third kappa shape index (κ3) is 3.20. The molecule has 0 saturated carbocycles. The van der Waals surface area contributed by atoms with E-state index in [1.165, 1.54) is 6.20 Å². The molecule has 1 amide bonds. The minimum atomic E-state index is -0.187. The van der Waals surface area contributed by atoms with E-state index in [2.05, 4.69) is 26.2 Å². The Morgan fingerprint density at radius 1 is 1.10 bits per heavy atom. The number of rotatable bonds is 3. The van der Waals surface area contributed by atoms with Crippen LogP contribution in [0.2, 0.25) is 0 Å². The number of anilines is 1. The molecule has 2 aromatic heterocycles. The van der Waals surface area contributed by atoms with Gasteiger partial charge in [-0.25, -0.2) is 0 Å². The highest BCUT2D eigenvalue weighted by Crippen LogP contribution is 2.16. The molecule has 0 aliphatic heterocycles. The zero-order valence-corrected chi connectivity index (χ0v) is 12.6. The van der Waals surface area contributed by atoms with Crippen molar-refractivity contribution in [1.82, 2.24) is 9.55 Å². The average molecular weight is 342 g/mol. The molecule has 0 saturated heterocycles. The smallest absolute Gasteiger partial charge is 0.257 e. The molecule has 0 aliphatic rings. The van der Waals surface area contributed by atoms with Gasteiger partial charge in [-0.3, -0.25) is 9.78 Å². The number of nitrogens with one attached hydrogen (secondary N) is 1. The number of carbonyl (C=O) groups excluding carboxylic acids is 1. The molecule has 104 valence electrons. The Balaban J connectivity index is 1.82. The number of carbonyl (C=O) groups is 1. The summed E-state index contributed by atoms with van der Waals surface area (Å²) in [6.07, 6.45) is 7.09. The normalized spacial score (nSPS) is 10.3. The summed E-state index contributed by atoms with van der Waals surface area (Å²) in [5.74, 6) is -0.187. The van der Waals surface area contributed by atoms with Gasteiger partial charge in [0.2, 0.25) is 0 Å². The lowest BCUT2D eigenvalue weighted by atomic mass is 10.2. The molecule has 3 rings (SSSR count). The zero-order chi connectivity index (χ0) is 14.7. The van der Waals surface area contributed by atoms with Crippen LogP contribution >= 0.6 is 15.9 Å². The molecule has 0 bridgehead atoms. The molecule has 21 heavy (non-hydrogen) atoms. The first-order valence-electron chi connectivity index (χ1n) is 6.38. The third-order valence-electron chi connectivity index (χ3n) is 2.97. The first kappa shape index (κ1) is 13.6. The molecule has 5 heteroatoms. The van der Waals surface area contributed by atoms with Gasteiger partial charge in [0.25, 0.3) is 5.91 Å². The van der Waals surface area contributed by atoms with Crippen molar-refractivity contribution < 1.29 is 4.79 Å². The van der Waals surface area contributed by atoms with E-state index in [9.17, 15) is 4.79 Å². The summed E-state index contributed by atoms with van der Waals surface area (Å²) >= 11 is 3.31. The fraction of sp³-hybridized carbons (Fsp3) is 0. The first-order chi connectivity index (χ1) is 10.2. The van der Waals surface area contributed by atoms with E-state index in [-0.39, 0.29) is 5.91 Å². The molecule has 0 unspecified atom stereocenters. The molecular weight excluding hydrogens is 330 g/mol. The molecule has 0 aliphatic carbocycles. The highest BCUT2D eigenvalue weighted by Gasteiger charge is 2.07. The molecule has 4 nitrogen and oxygen atoms in total. The fourth-order valence-corrected chi connectivity index (χ4v) is 2.36. The van der Waals surface area contributed by atoms with Gasteiger partial charge in [0.15, 0.2) is 0 Å². The molecule has 0 radical (unpaired) electrons. The number of hydrogen-bond acceptors (Lipinski definition) is 2. The van der Waals surface area contributed by atoms with Crippen LogP contribution in [0.25, 0.3) is 5.69 Å². The first-order valence-corrected chi connectivity index (χ1v) is 7.17. The predicted molar refractivity (Wildman–Crippen MR) is 85.7 cm³/mol. The van der Waals surface area contributed by atoms with Crippen LogP contribution < -0.4 is 5.32 Å². The second-order valence-corrected chi connectivity index (χ2v) is 5.40. The van der Waals surface area contributed by atoms with Crippen molar-refractivity contribution in [2.75, 3.05) is 5.32 Å². The number of hydrogen-bond donors (Lipinski definition) is 1. The predicted octanol–water partition coefficient (Wildman–Crippen LogP) is 3.89. The zero-order valence-electron chi connectivity index (χ0n) is 11.0. The number of benzene rings is 1. The van der Waals surface area contributed by atoms with E-state index in [1.807, 2.05) is 53.4 Å². The van der Waals surface area contributed by atoms with Crippen molar-refractivity contribution in [2.24, 2.45) is 0 Å². The minimum Gasteiger partial charge on any atom is -0.324 e. The Hall–Kier alpha value is -2.40. The van der Waals surface area contributed by atoms with Crippen molar-refractivity contribution in [2.45, 2.75) is 0 Å². The summed E-state index contributed by atoms with van der Waals surface area (Å²) in [4.78, 5) is 16.2. The third-order valence-corrected chi connectivity index (χ3v) is 3.41. The monoisotopic (exact) mass is 341 g/mol. The molecule has 3 aromatic rings. The van der Waals surface area contributed by atoms with Crippen molar-refractivity contribution in [3.8, 4) is 5.69 Å². The van der Waals surface area contributed by atoms with E-state index in [0.717, 1.165) is 15.8 Å². The molecule has 0 spiro atoms. The van der Waals surface area contributed by atoms with Gasteiger partial charge in [0.1, 0.15) is 0 Å². The lowest BCUT2D eigenvalue weighted by molar-refractivity contribution is 0.102. The Bertz CT molecular complexity index is 769. The highest BCUT2D eigenvalue weighted by atomic mass is 79.9. The Morgan fingerprint density at radius 3 is 2.67 bits per heavy atom. The second-order valence-electron chi connectivity index (χ2n) is 4.49. The number of nitrogens with zero attached hydrogens (tertiary/aromatic N) is 2. The number of pyridine rings is 1. The van der Waals surface area contributed by atoms with Gasteiger partial charge >= 0.3 is 0 Å². The van der Waals surface area contributed by atoms with E-state index in [1.54, 1.807) is 12.3 Å². The summed E-state index contributed by atoms with van der Waals surface area (Å²) in [5.41, 5.74) is 2.24. The summed E-state index contributed by atoms with van der Waals surface area (Å²) in [5, 5.41) is 2.87. The second kappa shape index (κ2) is 5.93. The maximum atomic E-state index is 12.2. The molecular formula is C16H12BrN3O. The van der Waals surface area contributed by atoms with Gasteiger partial charge in [-0.1, -0.05) is 6.07 Å². The Kier molecular flexibility index (Phi) is 3.83. The van der Waals surface area contributed by atoms with Crippen LogP contribution in [-0.4, -0.2) is 15.5 Å². The maximum absolute atomic E-state index is 12.2. The number of amides is 1. The molecule has 0 fully saturated rings. The van der Waals surface area contributed by atoms with Crippen molar-refractivity contribution in [1.29, 1.82) is 0 Å². The lowest BCUT2D eigenvalue weighted by Crippen LogP contribution is -2.12. The van der Waals surface area contributed by atoms with Crippen LogP contribution in [0, 0.1) is 0 Å². The van der Waals surface area contributed by atoms with E-state index < -0.39 is 0 Å². The van der Waals surface area contributed by atoms with Crippen molar-refractivity contribution in [3.63, 3.8) is 0 Å². The Morgan fingerprint density at radius 2 is 1.90 bits per heavy atom. The molecule has 2 heterocycles. The minimum absolute atomic E-state index is 0.187. The summed E-state index contributed by atoms with van der Waals surface area (Å²) < 4.78 is 2.76. The highest BCUT2D eigenvalue weighted by molar-refractivity contribution is 9.10. The summed E-state index contributed by atoms with van der Waals surface area (Å²) in [6, 6.07) is 13.3. The van der Waals surface area contributed by atoms with Crippen molar-refractivity contribution >= 4 is 27.5 Å². The van der Waals surface area contributed by atoms with Gasteiger partial charge < -0.3 is 9.88 Å². The Labute approximate surface area is 130 Å². The molecule has 1 aromatic carbocycles. The van der Waals surface area contributed by atoms with Crippen LogP contribution in [0.4, 0.5) is 5.69 Å². The van der Waals surface area contributed by atoms with E-state index in [4.69, 9.17) is 0 Å². The van der Waals surface area contributed by atoms with E-state index >= 15 is 0 Å². The van der Waals surface area contributed by atoms with Crippen LogP contribution in [-0.2, 0) is 0 Å². The average Bonchev–Trinajstić information content (AvgIpc) is 3.02. The summed E-state index contributed by atoms with van der Waals surface area (Å²) in [6.45, 7) is 0. The van der Waals surface area contributed by atoms with Crippen molar-refractivity contribution in [3.05, 3.63) is 77.3 Å². The lowest BCUT2D eigenvalue weighted by Gasteiger charge is -2.08. The largest absolute Gasteiger partial charge is 0.324 e. The standard InChI is InChI=1S/C16H12BrN3O/c17-13-8-12(10-18-11-13)16(21)19-14-4-3-5-15(9-14)20-6-1-2-7-20/h1-11H,(H,19,21). The van der Waals surface area contributed by atoms with Crippen LogP contribution in [0.5, 0.6) is 0 Å². The van der Waals surface area contributed by atoms with Crippen LogP contribution in [0.15, 0.2) is 71.7 Å². The van der Waals surface area contributed by atoms with Gasteiger partial charge in [0.05, 0.1) is 5.56 Å². The molecule has 1 N–H and O–H groups in total. The van der Waals surface area contributed by atoms with Crippen LogP contribution in [0.3, 0.4) is 0 Å².